The smallest absolute Gasteiger partial charge is 0.137 e. The molecule has 0 saturated carbocycles. The first-order valence-electron chi connectivity index (χ1n) is 5.25. The van der Waals surface area contributed by atoms with Gasteiger partial charge in [0.2, 0.25) is 0 Å². The zero-order valence-corrected chi connectivity index (χ0v) is 11.1. The summed E-state index contributed by atoms with van der Waals surface area (Å²) < 4.78 is 5.11. The van der Waals surface area contributed by atoms with Crippen LogP contribution in [0.1, 0.15) is 17.4 Å². The van der Waals surface area contributed by atoms with Crippen LogP contribution >= 0.6 is 23.2 Å². The zero-order chi connectivity index (χ0) is 13.1. The van der Waals surface area contributed by atoms with Crippen LogP contribution in [0.25, 0.3) is 0 Å². The highest BCUT2D eigenvalue weighted by Crippen LogP contribution is 2.29. The average molecular weight is 284 g/mol. The summed E-state index contributed by atoms with van der Waals surface area (Å²) in [5.41, 5.74) is 1.18. The number of aliphatic hydroxyl groups is 1. The Hall–Kier alpha value is -1.29. The van der Waals surface area contributed by atoms with Gasteiger partial charge in [-0.25, -0.2) is 0 Å². The lowest BCUT2D eigenvalue weighted by Gasteiger charge is -2.12. The largest absolute Gasteiger partial charge is 0.495 e. The van der Waals surface area contributed by atoms with E-state index in [1.165, 1.54) is 13.3 Å². The Morgan fingerprint density at radius 3 is 2.61 bits per heavy atom. The van der Waals surface area contributed by atoms with Gasteiger partial charge in [-0.1, -0.05) is 29.3 Å². The van der Waals surface area contributed by atoms with Crippen molar-refractivity contribution in [3.05, 3.63) is 57.8 Å². The maximum Gasteiger partial charge on any atom is 0.137 e. The van der Waals surface area contributed by atoms with Crippen molar-refractivity contribution in [2.45, 2.75) is 6.10 Å². The van der Waals surface area contributed by atoms with Crippen LogP contribution in [0.2, 0.25) is 10.0 Å². The summed E-state index contributed by atoms with van der Waals surface area (Å²) in [6.45, 7) is 0. The second kappa shape index (κ2) is 5.57. The van der Waals surface area contributed by atoms with Gasteiger partial charge in [0.15, 0.2) is 0 Å². The molecule has 0 amide bonds. The van der Waals surface area contributed by atoms with E-state index in [-0.39, 0.29) is 0 Å². The highest BCUT2D eigenvalue weighted by Gasteiger charge is 2.13. The lowest BCUT2D eigenvalue weighted by molar-refractivity contribution is 0.215. The monoisotopic (exact) mass is 283 g/mol. The summed E-state index contributed by atoms with van der Waals surface area (Å²) in [5, 5.41) is 11.2. The van der Waals surface area contributed by atoms with E-state index < -0.39 is 6.10 Å². The number of aromatic nitrogens is 1. The van der Waals surface area contributed by atoms with Crippen molar-refractivity contribution < 1.29 is 9.84 Å². The van der Waals surface area contributed by atoms with Crippen molar-refractivity contribution in [3.8, 4) is 5.75 Å². The van der Waals surface area contributed by atoms with Crippen LogP contribution in [0.3, 0.4) is 0 Å². The van der Waals surface area contributed by atoms with Crippen LogP contribution in [0.4, 0.5) is 0 Å². The van der Waals surface area contributed by atoms with Gasteiger partial charge in [0.05, 0.1) is 22.8 Å². The molecule has 1 N–H and O–H groups in total. The molecule has 0 radical (unpaired) electrons. The number of halogens is 2. The summed E-state index contributed by atoms with van der Waals surface area (Å²) in [7, 11) is 1.53. The lowest BCUT2D eigenvalue weighted by Crippen LogP contribution is -2.02. The summed E-state index contributed by atoms with van der Waals surface area (Å²) >= 11 is 11.7. The maximum atomic E-state index is 10.2. The van der Waals surface area contributed by atoms with Crippen molar-refractivity contribution in [2.75, 3.05) is 7.11 Å². The molecule has 5 heteroatoms. The predicted octanol–water partition coefficient (Wildman–Crippen LogP) is 3.48. The Labute approximate surface area is 115 Å². The summed E-state index contributed by atoms with van der Waals surface area (Å²) in [4.78, 5) is 4.08. The summed E-state index contributed by atoms with van der Waals surface area (Å²) in [6.07, 6.45) is 0.654. The minimum atomic E-state index is -0.839. The van der Waals surface area contributed by atoms with E-state index in [1.54, 1.807) is 30.3 Å². The van der Waals surface area contributed by atoms with E-state index in [9.17, 15) is 5.11 Å². The van der Waals surface area contributed by atoms with E-state index in [0.29, 0.717) is 27.1 Å². The van der Waals surface area contributed by atoms with Crippen LogP contribution in [0, 0.1) is 0 Å². The van der Waals surface area contributed by atoms with Gasteiger partial charge in [-0.15, -0.1) is 0 Å². The molecular formula is C13H11Cl2NO2. The first-order chi connectivity index (χ1) is 8.61. The van der Waals surface area contributed by atoms with Crippen LogP contribution in [-0.2, 0) is 0 Å². The van der Waals surface area contributed by atoms with E-state index >= 15 is 0 Å². The minimum absolute atomic E-state index is 0.498. The molecule has 0 fully saturated rings. The molecule has 1 aromatic heterocycles. The molecule has 0 spiro atoms. The number of benzene rings is 1. The quantitative estimate of drug-likeness (QED) is 0.938. The standard InChI is InChI=1S/C13H11Cl2NO2/c1-18-12-6-8(2-4-10(12)15)13(17)11-5-3-9(14)7-16-11/h2-7,13,17H,1H3. The molecule has 0 aliphatic rings. The highest BCUT2D eigenvalue weighted by atomic mass is 35.5. The predicted molar refractivity (Wildman–Crippen MR) is 71.3 cm³/mol. The van der Waals surface area contributed by atoms with Crippen LogP contribution in [0.5, 0.6) is 5.75 Å². The first-order valence-corrected chi connectivity index (χ1v) is 6.00. The Morgan fingerprint density at radius 2 is 2.00 bits per heavy atom. The van der Waals surface area contributed by atoms with Crippen LogP contribution in [0.15, 0.2) is 36.5 Å². The van der Waals surface area contributed by atoms with Gasteiger partial charge < -0.3 is 9.84 Å². The Bertz CT molecular complexity index is 543. The molecular weight excluding hydrogens is 273 g/mol. The van der Waals surface area contributed by atoms with E-state index in [0.717, 1.165) is 0 Å². The number of hydrogen-bond donors (Lipinski definition) is 1. The Balaban J connectivity index is 2.33. The van der Waals surface area contributed by atoms with Crippen molar-refractivity contribution in [3.63, 3.8) is 0 Å². The summed E-state index contributed by atoms with van der Waals surface area (Å²) in [6, 6.07) is 8.44. The Kier molecular flexibility index (Phi) is 4.07. The van der Waals surface area contributed by atoms with Crippen LogP contribution in [-0.4, -0.2) is 17.2 Å². The normalized spacial score (nSPS) is 12.2. The molecule has 2 aromatic rings. The van der Waals surface area contributed by atoms with E-state index in [1.807, 2.05) is 0 Å². The Morgan fingerprint density at radius 1 is 1.22 bits per heavy atom. The fraction of sp³-hybridized carbons (Fsp3) is 0.154. The molecule has 1 unspecified atom stereocenters. The van der Waals surface area contributed by atoms with E-state index in [4.69, 9.17) is 27.9 Å². The van der Waals surface area contributed by atoms with Crippen molar-refractivity contribution >= 4 is 23.2 Å². The number of aliphatic hydroxyl groups excluding tert-OH is 1. The lowest BCUT2D eigenvalue weighted by atomic mass is 10.1. The van der Waals surface area contributed by atoms with Crippen LogP contribution < -0.4 is 4.74 Å². The fourth-order valence-corrected chi connectivity index (χ4v) is 1.87. The van der Waals surface area contributed by atoms with Gasteiger partial charge in [-0.05, 0) is 29.8 Å². The van der Waals surface area contributed by atoms with Gasteiger partial charge in [0.1, 0.15) is 11.9 Å². The molecule has 18 heavy (non-hydrogen) atoms. The van der Waals surface area contributed by atoms with Gasteiger partial charge >= 0.3 is 0 Å². The number of nitrogens with zero attached hydrogens (tertiary/aromatic N) is 1. The third-order valence-corrected chi connectivity index (χ3v) is 3.06. The zero-order valence-electron chi connectivity index (χ0n) is 9.60. The molecule has 0 bridgehead atoms. The van der Waals surface area contributed by atoms with Crippen molar-refractivity contribution in [1.29, 1.82) is 0 Å². The van der Waals surface area contributed by atoms with Gasteiger partial charge in [-0.2, -0.15) is 0 Å². The SMILES string of the molecule is COc1cc(C(O)c2ccc(Cl)cn2)ccc1Cl. The minimum Gasteiger partial charge on any atom is -0.495 e. The third kappa shape index (κ3) is 2.75. The van der Waals surface area contributed by atoms with Crippen molar-refractivity contribution in [2.24, 2.45) is 0 Å². The van der Waals surface area contributed by atoms with E-state index in [2.05, 4.69) is 4.98 Å². The molecule has 1 aromatic carbocycles. The topological polar surface area (TPSA) is 42.4 Å². The molecule has 1 heterocycles. The molecule has 2 rings (SSSR count). The van der Waals surface area contributed by atoms with Gasteiger partial charge in [0, 0.05) is 6.20 Å². The third-order valence-electron chi connectivity index (χ3n) is 2.52. The second-order valence-electron chi connectivity index (χ2n) is 3.70. The number of hydrogen-bond acceptors (Lipinski definition) is 3. The average Bonchev–Trinajstić information content (AvgIpc) is 2.39. The maximum absolute atomic E-state index is 10.2. The fourth-order valence-electron chi connectivity index (χ4n) is 1.57. The highest BCUT2D eigenvalue weighted by molar-refractivity contribution is 6.32. The van der Waals surface area contributed by atoms with Crippen molar-refractivity contribution in [1.82, 2.24) is 4.98 Å². The number of rotatable bonds is 3. The number of methoxy groups -OCH3 is 1. The molecule has 0 saturated heterocycles. The second-order valence-corrected chi connectivity index (χ2v) is 4.54. The molecule has 0 aliphatic heterocycles. The first kappa shape index (κ1) is 13.1. The molecule has 94 valence electrons. The molecule has 3 nitrogen and oxygen atoms in total. The molecule has 0 aliphatic carbocycles. The number of pyridine rings is 1. The molecule has 1 atom stereocenters. The van der Waals surface area contributed by atoms with Gasteiger partial charge in [-0.3, -0.25) is 4.98 Å². The summed E-state index contributed by atoms with van der Waals surface area (Å²) in [5.74, 6) is 0.516. The van der Waals surface area contributed by atoms with Gasteiger partial charge in [0.25, 0.3) is 0 Å². The number of ether oxygens (including phenoxy) is 1.